The summed E-state index contributed by atoms with van der Waals surface area (Å²) in [7, 11) is 1.72. The first-order valence-electron chi connectivity index (χ1n) is 4.95. The molecular weight excluding hydrogens is 174 g/mol. The minimum absolute atomic E-state index is 0.945. The van der Waals surface area contributed by atoms with Gasteiger partial charge in [0, 0.05) is 12.1 Å². The third-order valence-corrected chi connectivity index (χ3v) is 2.48. The lowest BCUT2D eigenvalue weighted by atomic mass is 10.0. The van der Waals surface area contributed by atoms with Crippen LogP contribution in [0, 0.1) is 0 Å². The second-order valence-corrected chi connectivity index (χ2v) is 3.40. The SMILES string of the molecule is COc1ccccc1C1=CCCNC1. The number of methoxy groups -OCH3 is 1. The molecule has 1 aliphatic rings. The molecule has 2 heteroatoms. The highest BCUT2D eigenvalue weighted by Crippen LogP contribution is 2.26. The molecule has 0 atom stereocenters. The van der Waals surface area contributed by atoms with Crippen molar-refractivity contribution in [2.75, 3.05) is 20.2 Å². The van der Waals surface area contributed by atoms with E-state index in [4.69, 9.17) is 4.74 Å². The van der Waals surface area contributed by atoms with Gasteiger partial charge in [0.2, 0.25) is 0 Å². The fourth-order valence-electron chi connectivity index (χ4n) is 1.76. The Kier molecular flexibility index (Phi) is 2.84. The zero-order chi connectivity index (χ0) is 9.80. The van der Waals surface area contributed by atoms with E-state index in [2.05, 4.69) is 17.5 Å². The molecule has 0 radical (unpaired) electrons. The zero-order valence-corrected chi connectivity index (χ0v) is 8.42. The number of nitrogens with one attached hydrogen (secondary N) is 1. The zero-order valence-electron chi connectivity index (χ0n) is 8.42. The molecule has 0 bridgehead atoms. The summed E-state index contributed by atoms with van der Waals surface area (Å²) in [5, 5.41) is 3.36. The predicted molar refractivity (Wildman–Crippen MR) is 58.5 cm³/mol. The summed E-state index contributed by atoms with van der Waals surface area (Å²) in [6.07, 6.45) is 3.39. The lowest BCUT2D eigenvalue weighted by Crippen LogP contribution is -2.21. The van der Waals surface area contributed by atoms with Crippen molar-refractivity contribution in [3.63, 3.8) is 0 Å². The predicted octanol–water partition coefficient (Wildman–Crippen LogP) is 2.07. The third kappa shape index (κ3) is 1.80. The Labute approximate surface area is 84.6 Å². The Morgan fingerprint density at radius 3 is 2.86 bits per heavy atom. The fourth-order valence-corrected chi connectivity index (χ4v) is 1.76. The van der Waals surface area contributed by atoms with Crippen LogP contribution in [0.25, 0.3) is 5.57 Å². The number of hydrogen-bond acceptors (Lipinski definition) is 2. The highest BCUT2D eigenvalue weighted by atomic mass is 16.5. The molecule has 1 aromatic carbocycles. The van der Waals surface area contributed by atoms with Crippen molar-refractivity contribution in [2.24, 2.45) is 0 Å². The van der Waals surface area contributed by atoms with Crippen LogP contribution in [0.5, 0.6) is 5.75 Å². The van der Waals surface area contributed by atoms with Gasteiger partial charge in [0.05, 0.1) is 7.11 Å². The Hall–Kier alpha value is -1.28. The first-order chi connectivity index (χ1) is 6.92. The highest BCUT2D eigenvalue weighted by Gasteiger charge is 2.09. The third-order valence-electron chi connectivity index (χ3n) is 2.48. The summed E-state index contributed by atoms with van der Waals surface area (Å²) < 4.78 is 5.33. The average Bonchev–Trinajstić information content (AvgIpc) is 2.30. The lowest BCUT2D eigenvalue weighted by molar-refractivity contribution is 0.413. The molecule has 0 fully saturated rings. The molecule has 1 aromatic rings. The van der Waals surface area contributed by atoms with Crippen LogP contribution in [-0.2, 0) is 0 Å². The van der Waals surface area contributed by atoms with Crippen molar-refractivity contribution in [1.82, 2.24) is 5.32 Å². The Morgan fingerprint density at radius 1 is 1.29 bits per heavy atom. The Morgan fingerprint density at radius 2 is 2.14 bits per heavy atom. The summed E-state index contributed by atoms with van der Waals surface area (Å²) in [6, 6.07) is 8.16. The molecule has 1 N–H and O–H groups in total. The van der Waals surface area contributed by atoms with Gasteiger partial charge in [0.1, 0.15) is 5.75 Å². The topological polar surface area (TPSA) is 21.3 Å². The van der Waals surface area contributed by atoms with E-state index < -0.39 is 0 Å². The van der Waals surface area contributed by atoms with Crippen LogP contribution in [0.15, 0.2) is 30.3 Å². The number of para-hydroxylation sites is 1. The molecule has 0 amide bonds. The van der Waals surface area contributed by atoms with Gasteiger partial charge in [-0.05, 0) is 24.6 Å². The summed E-state index contributed by atoms with van der Waals surface area (Å²) in [4.78, 5) is 0. The lowest BCUT2D eigenvalue weighted by Gasteiger charge is -2.16. The maximum Gasteiger partial charge on any atom is 0.126 e. The monoisotopic (exact) mass is 189 g/mol. The maximum absolute atomic E-state index is 5.33. The van der Waals surface area contributed by atoms with E-state index in [0.29, 0.717) is 0 Å². The molecule has 0 aliphatic carbocycles. The largest absolute Gasteiger partial charge is 0.496 e. The average molecular weight is 189 g/mol. The van der Waals surface area contributed by atoms with Crippen molar-refractivity contribution in [3.8, 4) is 5.75 Å². The van der Waals surface area contributed by atoms with Crippen LogP contribution in [0.1, 0.15) is 12.0 Å². The van der Waals surface area contributed by atoms with E-state index in [0.717, 1.165) is 25.3 Å². The van der Waals surface area contributed by atoms with E-state index in [1.54, 1.807) is 7.11 Å². The van der Waals surface area contributed by atoms with Gasteiger partial charge in [-0.15, -0.1) is 0 Å². The van der Waals surface area contributed by atoms with Crippen LogP contribution in [0.4, 0.5) is 0 Å². The van der Waals surface area contributed by atoms with E-state index in [-0.39, 0.29) is 0 Å². The van der Waals surface area contributed by atoms with E-state index >= 15 is 0 Å². The molecule has 2 nitrogen and oxygen atoms in total. The smallest absolute Gasteiger partial charge is 0.126 e. The van der Waals surface area contributed by atoms with Gasteiger partial charge in [-0.25, -0.2) is 0 Å². The van der Waals surface area contributed by atoms with E-state index in [9.17, 15) is 0 Å². The number of benzene rings is 1. The number of ether oxygens (including phenoxy) is 1. The van der Waals surface area contributed by atoms with E-state index in [1.165, 1.54) is 11.1 Å². The van der Waals surface area contributed by atoms with Gasteiger partial charge in [-0.1, -0.05) is 24.3 Å². The van der Waals surface area contributed by atoms with Crippen molar-refractivity contribution in [2.45, 2.75) is 6.42 Å². The second-order valence-electron chi connectivity index (χ2n) is 3.40. The number of rotatable bonds is 2. The molecule has 74 valence electrons. The Balaban J connectivity index is 2.34. The van der Waals surface area contributed by atoms with Crippen molar-refractivity contribution in [1.29, 1.82) is 0 Å². The minimum Gasteiger partial charge on any atom is -0.496 e. The van der Waals surface area contributed by atoms with Gasteiger partial charge in [-0.2, -0.15) is 0 Å². The molecule has 0 spiro atoms. The van der Waals surface area contributed by atoms with Crippen molar-refractivity contribution >= 4 is 5.57 Å². The maximum atomic E-state index is 5.33. The summed E-state index contributed by atoms with van der Waals surface area (Å²) in [5.41, 5.74) is 2.55. The van der Waals surface area contributed by atoms with E-state index in [1.807, 2.05) is 18.2 Å². The van der Waals surface area contributed by atoms with Gasteiger partial charge in [0.15, 0.2) is 0 Å². The first-order valence-corrected chi connectivity index (χ1v) is 4.95. The molecule has 0 saturated carbocycles. The molecule has 0 unspecified atom stereocenters. The van der Waals surface area contributed by atoms with Gasteiger partial charge in [-0.3, -0.25) is 0 Å². The van der Waals surface area contributed by atoms with Gasteiger partial charge in [0.25, 0.3) is 0 Å². The van der Waals surface area contributed by atoms with Crippen LogP contribution in [-0.4, -0.2) is 20.2 Å². The highest BCUT2D eigenvalue weighted by molar-refractivity contribution is 5.72. The quantitative estimate of drug-likeness (QED) is 0.769. The van der Waals surface area contributed by atoms with Crippen molar-refractivity contribution in [3.05, 3.63) is 35.9 Å². The summed E-state index contributed by atoms with van der Waals surface area (Å²) in [6.45, 7) is 2.03. The fraction of sp³-hybridized carbons (Fsp3) is 0.333. The first kappa shape index (κ1) is 9.28. The van der Waals surface area contributed by atoms with Crippen molar-refractivity contribution < 1.29 is 4.74 Å². The number of hydrogen-bond donors (Lipinski definition) is 1. The molecule has 0 saturated heterocycles. The summed E-state index contributed by atoms with van der Waals surface area (Å²) >= 11 is 0. The molecule has 1 aliphatic heterocycles. The van der Waals surface area contributed by atoms with Gasteiger partial charge < -0.3 is 10.1 Å². The molecule has 1 heterocycles. The second kappa shape index (κ2) is 4.29. The summed E-state index contributed by atoms with van der Waals surface area (Å²) in [5.74, 6) is 0.961. The van der Waals surface area contributed by atoms with Crippen LogP contribution >= 0.6 is 0 Å². The van der Waals surface area contributed by atoms with Gasteiger partial charge >= 0.3 is 0 Å². The minimum atomic E-state index is 0.945. The molecule has 2 rings (SSSR count). The Bertz CT molecular complexity index is 344. The van der Waals surface area contributed by atoms with Crippen LogP contribution < -0.4 is 10.1 Å². The molecule has 0 aromatic heterocycles. The molecular formula is C12H15NO. The van der Waals surface area contributed by atoms with Crippen LogP contribution in [0.3, 0.4) is 0 Å². The molecule has 14 heavy (non-hydrogen) atoms. The normalized spacial score (nSPS) is 16.2. The standard InChI is InChI=1S/C12H15NO/c1-14-12-7-3-2-6-11(12)10-5-4-8-13-9-10/h2-3,5-7,13H,4,8-9H2,1H3. The van der Waals surface area contributed by atoms with Crippen LogP contribution in [0.2, 0.25) is 0 Å².